The molecule has 0 heterocycles. The molecule has 0 unspecified atom stereocenters. The molecule has 33 heavy (non-hydrogen) atoms. The van der Waals surface area contributed by atoms with E-state index >= 15 is 0 Å². The van der Waals surface area contributed by atoms with E-state index < -0.39 is 11.9 Å². The minimum atomic E-state index is -0.452. The van der Waals surface area contributed by atoms with Gasteiger partial charge in [0.15, 0.2) is 0 Å². The van der Waals surface area contributed by atoms with Gasteiger partial charge in [-0.2, -0.15) is 0 Å². The number of allylic oxidation sites excluding steroid dienone is 1. The first-order valence-corrected chi connectivity index (χ1v) is 10.4. The molecule has 0 saturated carbocycles. The Hall–Kier alpha value is -4.18. The Labute approximate surface area is 194 Å². The van der Waals surface area contributed by atoms with Crippen molar-refractivity contribution in [3.8, 4) is 33.8 Å². The molecule has 0 N–H and O–H groups in total. The normalized spacial score (nSPS) is 10.3. The molecular formula is C29H26O4. The molecule has 3 aromatic rings. The van der Waals surface area contributed by atoms with Gasteiger partial charge in [-0.3, -0.25) is 0 Å². The zero-order valence-corrected chi connectivity index (χ0v) is 19.1. The Morgan fingerprint density at radius 1 is 0.576 bits per heavy atom. The van der Waals surface area contributed by atoms with E-state index in [-0.39, 0.29) is 0 Å². The minimum absolute atomic E-state index is 0.346. The van der Waals surface area contributed by atoms with Crippen molar-refractivity contribution in [2.75, 3.05) is 0 Å². The summed E-state index contributed by atoms with van der Waals surface area (Å²) in [5, 5.41) is 0. The molecular weight excluding hydrogens is 412 g/mol. The number of esters is 2. The van der Waals surface area contributed by atoms with E-state index in [0.29, 0.717) is 22.6 Å². The van der Waals surface area contributed by atoms with Gasteiger partial charge in [0.25, 0.3) is 0 Å². The molecule has 0 aliphatic rings. The SMILES string of the molecule is C=C(C)C(=O)Oc1ccc(-c2cc(C(=C)C)cc(-c3ccc(OC(=O)C(=C)C)cc3)c2)cc1. The molecule has 0 radical (unpaired) electrons. The third-order valence-corrected chi connectivity index (χ3v) is 4.92. The van der Waals surface area contributed by atoms with E-state index in [1.165, 1.54) is 0 Å². The predicted octanol–water partition coefficient (Wildman–Crippen LogP) is 7.02. The van der Waals surface area contributed by atoms with Crippen LogP contribution in [0.15, 0.2) is 97.6 Å². The predicted molar refractivity (Wildman–Crippen MR) is 133 cm³/mol. The van der Waals surface area contributed by atoms with Crippen molar-refractivity contribution in [3.05, 3.63) is 103 Å². The molecule has 0 spiro atoms. The largest absolute Gasteiger partial charge is 0.423 e. The van der Waals surface area contributed by atoms with Gasteiger partial charge in [-0.15, -0.1) is 0 Å². The van der Waals surface area contributed by atoms with Crippen molar-refractivity contribution in [1.82, 2.24) is 0 Å². The van der Waals surface area contributed by atoms with E-state index in [1.807, 2.05) is 31.2 Å². The summed E-state index contributed by atoms with van der Waals surface area (Å²) < 4.78 is 10.6. The molecule has 0 fully saturated rings. The Bertz CT molecular complexity index is 1160. The maximum absolute atomic E-state index is 11.7. The summed E-state index contributed by atoms with van der Waals surface area (Å²) >= 11 is 0. The van der Waals surface area contributed by atoms with Crippen LogP contribution in [0, 0.1) is 0 Å². The summed E-state index contributed by atoms with van der Waals surface area (Å²) in [7, 11) is 0. The maximum atomic E-state index is 11.7. The molecule has 0 amide bonds. The zero-order chi connectivity index (χ0) is 24.1. The lowest BCUT2D eigenvalue weighted by Gasteiger charge is -2.12. The first-order valence-electron chi connectivity index (χ1n) is 10.4. The van der Waals surface area contributed by atoms with Crippen molar-refractivity contribution < 1.29 is 19.1 Å². The van der Waals surface area contributed by atoms with Crippen LogP contribution in [0.25, 0.3) is 27.8 Å². The fraction of sp³-hybridized carbons (Fsp3) is 0.103. The number of carbonyl (C=O) groups is 2. The molecule has 0 atom stereocenters. The summed E-state index contributed by atoms with van der Waals surface area (Å²) in [4.78, 5) is 23.5. The van der Waals surface area contributed by atoms with Gasteiger partial charge in [0.2, 0.25) is 0 Å². The molecule has 0 aromatic heterocycles. The highest BCUT2D eigenvalue weighted by Gasteiger charge is 2.10. The third kappa shape index (κ3) is 5.95. The van der Waals surface area contributed by atoms with Gasteiger partial charge < -0.3 is 9.47 Å². The minimum Gasteiger partial charge on any atom is -0.423 e. The summed E-state index contributed by atoms with van der Waals surface area (Å²) in [6.07, 6.45) is 0. The molecule has 166 valence electrons. The third-order valence-electron chi connectivity index (χ3n) is 4.92. The van der Waals surface area contributed by atoms with Gasteiger partial charge >= 0.3 is 11.9 Å². The Morgan fingerprint density at radius 3 is 1.24 bits per heavy atom. The number of rotatable bonds is 7. The van der Waals surface area contributed by atoms with E-state index in [9.17, 15) is 9.59 Å². The fourth-order valence-corrected chi connectivity index (χ4v) is 3.03. The van der Waals surface area contributed by atoms with Crippen molar-refractivity contribution in [2.24, 2.45) is 0 Å². The first kappa shape index (κ1) is 23.5. The van der Waals surface area contributed by atoms with Crippen LogP contribution in [0.4, 0.5) is 0 Å². The molecule has 0 aliphatic carbocycles. The highest BCUT2D eigenvalue weighted by atomic mass is 16.5. The second-order valence-corrected chi connectivity index (χ2v) is 7.97. The number of carbonyl (C=O) groups excluding carboxylic acids is 2. The number of hydrogen-bond donors (Lipinski definition) is 0. The molecule has 0 aliphatic heterocycles. The highest BCUT2D eigenvalue weighted by molar-refractivity contribution is 5.89. The van der Waals surface area contributed by atoms with E-state index in [0.717, 1.165) is 33.4 Å². The van der Waals surface area contributed by atoms with Crippen LogP contribution in [0.5, 0.6) is 11.5 Å². The standard InChI is InChI=1S/C29H26O4/c1-18(2)23-15-24(21-7-11-26(12-8-21)32-28(30)19(3)4)17-25(16-23)22-9-13-27(14-10-22)33-29(31)20(5)6/h7-17H,1,3,5H2,2,4,6H3. The van der Waals surface area contributed by atoms with E-state index in [1.54, 1.807) is 38.1 Å². The van der Waals surface area contributed by atoms with Crippen molar-refractivity contribution >= 4 is 17.5 Å². The topological polar surface area (TPSA) is 52.6 Å². The molecule has 0 bridgehead atoms. The molecule has 3 aromatic carbocycles. The number of benzene rings is 3. The van der Waals surface area contributed by atoms with Gasteiger partial charge in [0, 0.05) is 11.1 Å². The average molecular weight is 439 g/mol. The van der Waals surface area contributed by atoms with Crippen molar-refractivity contribution in [3.63, 3.8) is 0 Å². The van der Waals surface area contributed by atoms with Gasteiger partial charge in [-0.05, 0) is 91.1 Å². The van der Waals surface area contributed by atoms with Crippen LogP contribution in [-0.2, 0) is 9.59 Å². The zero-order valence-electron chi connectivity index (χ0n) is 19.1. The molecule has 3 rings (SSSR count). The van der Waals surface area contributed by atoms with Gasteiger partial charge in [-0.1, -0.05) is 49.6 Å². The van der Waals surface area contributed by atoms with Crippen LogP contribution in [0.2, 0.25) is 0 Å². The second kappa shape index (κ2) is 9.96. The van der Waals surface area contributed by atoms with Crippen molar-refractivity contribution in [1.29, 1.82) is 0 Å². The van der Waals surface area contributed by atoms with Crippen LogP contribution in [0.1, 0.15) is 26.3 Å². The lowest BCUT2D eigenvalue weighted by Crippen LogP contribution is -2.07. The summed E-state index contributed by atoms with van der Waals surface area (Å²) in [6.45, 7) is 16.5. The van der Waals surface area contributed by atoms with Crippen LogP contribution >= 0.6 is 0 Å². The van der Waals surface area contributed by atoms with E-state index in [4.69, 9.17) is 9.47 Å². The van der Waals surface area contributed by atoms with Crippen LogP contribution in [0.3, 0.4) is 0 Å². The Balaban J connectivity index is 1.92. The first-order chi connectivity index (χ1) is 15.6. The molecule has 0 saturated heterocycles. The summed E-state index contributed by atoms with van der Waals surface area (Å²) in [5.74, 6) is 0.0178. The Morgan fingerprint density at radius 2 is 0.939 bits per heavy atom. The summed E-state index contributed by atoms with van der Waals surface area (Å²) in [6, 6.07) is 20.9. The van der Waals surface area contributed by atoms with Gasteiger partial charge in [-0.25, -0.2) is 9.59 Å². The lowest BCUT2D eigenvalue weighted by molar-refractivity contribution is -0.130. The number of hydrogen-bond acceptors (Lipinski definition) is 4. The average Bonchev–Trinajstić information content (AvgIpc) is 2.79. The molecule has 4 heteroatoms. The van der Waals surface area contributed by atoms with Crippen LogP contribution in [-0.4, -0.2) is 11.9 Å². The maximum Gasteiger partial charge on any atom is 0.338 e. The monoisotopic (exact) mass is 438 g/mol. The Kier molecular flexibility index (Phi) is 7.09. The lowest BCUT2D eigenvalue weighted by atomic mass is 9.94. The second-order valence-electron chi connectivity index (χ2n) is 7.97. The molecule has 4 nitrogen and oxygen atoms in total. The summed E-state index contributed by atoms with van der Waals surface area (Å²) in [5.41, 5.74) is 6.59. The van der Waals surface area contributed by atoms with E-state index in [2.05, 4.69) is 37.9 Å². The van der Waals surface area contributed by atoms with Crippen LogP contribution < -0.4 is 9.47 Å². The van der Waals surface area contributed by atoms with Crippen molar-refractivity contribution in [2.45, 2.75) is 20.8 Å². The highest BCUT2D eigenvalue weighted by Crippen LogP contribution is 2.32. The fourth-order valence-electron chi connectivity index (χ4n) is 3.03. The number of ether oxygens (including phenoxy) is 2. The van der Waals surface area contributed by atoms with Gasteiger partial charge in [0.05, 0.1) is 0 Å². The van der Waals surface area contributed by atoms with Gasteiger partial charge in [0.1, 0.15) is 11.5 Å². The quantitative estimate of drug-likeness (QED) is 0.226. The smallest absolute Gasteiger partial charge is 0.338 e.